The molecule has 3 aromatic carbocycles. The van der Waals surface area contributed by atoms with Gasteiger partial charge in [0, 0.05) is 20.7 Å². The van der Waals surface area contributed by atoms with E-state index >= 15 is 0 Å². The maximum atomic E-state index is 12.6. The third-order valence-corrected chi connectivity index (χ3v) is 5.14. The molecule has 0 aliphatic carbocycles. The third kappa shape index (κ3) is 7.15. The molecule has 0 aliphatic heterocycles. The maximum Gasteiger partial charge on any atom is 0.266 e. The van der Waals surface area contributed by atoms with E-state index in [2.05, 4.69) is 27.2 Å². The lowest BCUT2D eigenvalue weighted by molar-refractivity contribution is -0.112. The highest BCUT2D eigenvalue weighted by atomic mass is 79.9. The van der Waals surface area contributed by atoms with E-state index in [1.54, 1.807) is 42.5 Å². The van der Waals surface area contributed by atoms with E-state index in [9.17, 15) is 10.1 Å². The van der Waals surface area contributed by atoms with Crippen LogP contribution in [0.15, 0.2) is 76.8 Å². The van der Waals surface area contributed by atoms with E-state index in [1.165, 1.54) is 6.08 Å². The standard InChI is InChI=1S/C26H18BrClN2O3/c1-2-13-32-25-12-7-22(28)15-19(25)14-20(16-29)26(31)30-23-8-10-24(11-9-23)33-17-18-3-5-21(27)6-4-18/h1,3-12,14-15H,13,17H2,(H,30,31)/b20-14+. The third-order valence-electron chi connectivity index (χ3n) is 4.38. The van der Waals surface area contributed by atoms with Crippen LogP contribution in [-0.4, -0.2) is 12.5 Å². The molecule has 0 fully saturated rings. The van der Waals surface area contributed by atoms with Gasteiger partial charge in [0.2, 0.25) is 0 Å². The predicted molar refractivity (Wildman–Crippen MR) is 133 cm³/mol. The molecule has 33 heavy (non-hydrogen) atoms. The molecule has 0 saturated heterocycles. The smallest absolute Gasteiger partial charge is 0.266 e. The van der Waals surface area contributed by atoms with Gasteiger partial charge in [-0.15, -0.1) is 6.42 Å². The minimum atomic E-state index is -0.566. The number of hydrogen-bond acceptors (Lipinski definition) is 4. The highest BCUT2D eigenvalue weighted by Crippen LogP contribution is 2.26. The van der Waals surface area contributed by atoms with Gasteiger partial charge in [0.1, 0.15) is 36.4 Å². The summed E-state index contributed by atoms with van der Waals surface area (Å²) in [5.41, 5.74) is 1.91. The Labute approximate surface area is 205 Å². The highest BCUT2D eigenvalue weighted by Gasteiger charge is 2.12. The fourth-order valence-corrected chi connectivity index (χ4v) is 3.21. The first kappa shape index (κ1) is 23.9. The minimum Gasteiger partial charge on any atom is -0.489 e. The van der Waals surface area contributed by atoms with Gasteiger partial charge in [-0.1, -0.05) is 45.6 Å². The molecule has 7 heteroatoms. The number of nitriles is 1. The van der Waals surface area contributed by atoms with Gasteiger partial charge in [0.05, 0.1) is 0 Å². The number of hydrogen-bond donors (Lipinski definition) is 1. The number of benzene rings is 3. The Morgan fingerprint density at radius 1 is 1.09 bits per heavy atom. The van der Waals surface area contributed by atoms with Gasteiger partial charge in [-0.05, 0) is 66.2 Å². The summed E-state index contributed by atoms with van der Waals surface area (Å²) in [4.78, 5) is 12.6. The molecule has 0 spiro atoms. The lowest BCUT2D eigenvalue weighted by Crippen LogP contribution is -2.13. The second-order valence-corrected chi connectivity index (χ2v) is 8.09. The summed E-state index contributed by atoms with van der Waals surface area (Å²) in [5.74, 6) is 2.88. The molecule has 1 amide bonds. The van der Waals surface area contributed by atoms with Crippen molar-refractivity contribution in [3.8, 4) is 29.9 Å². The number of anilines is 1. The van der Waals surface area contributed by atoms with Crippen LogP contribution in [0.1, 0.15) is 11.1 Å². The Morgan fingerprint density at radius 2 is 1.82 bits per heavy atom. The summed E-state index contributed by atoms with van der Waals surface area (Å²) in [5, 5.41) is 12.6. The minimum absolute atomic E-state index is 0.0484. The monoisotopic (exact) mass is 520 g/mol. The molecular weight excluding hydrogens is 504 g/mol. The molecule has 0 heterocycles. The Hall–Kier alpha value is -3.71. The second-order valence-electron chi connectivity index (χ2n) is 6.74. The first-order chi connectivity index (χ1) is 16.0. The molecule has 1 N–H and O–H groups in total. The molecule has 0 atom stereocenters. The second kappa shape index (κ2) is 11.8. The van der Waals surface area contributed by atoms with Crippen molar-refractivity contribution < 1.29 is 14.3 Å². The van der Waals surface area contributed by atoms with E-state index in [4.69, 9.17) is 27.5 Å². The summed E-state index contributed by atoms with van der Waals surface area (Å²) in [6, 6.07) is 21.5. The number of nitrogens with one attached hydrogen (secondary N) is 1. The molecule has 3 aromatic rings. The van der Waals surface area contributed by atoms with Crippen LogP contribution in [0.5, 0.6) is 11.5 Å². The quantitative estimate of drug-likeness (QED) is 0.216. The Balaban J connectivity index is 1.67. The van der Waals surface area contributed by atoms with Gasteiger partial charge in [-0.25, -0.2) is 0 Å². The first-order valence-electron chi connectivity index (χ1n) is 9.75. The van der Waals surface area contributed by atoms with Crippen molar-refractivity contribution in [1.82, 2.24) is 0 Å². The molecule has 5 nitrogen and oxygen atoms in total. The summed E-state index contributed by atoms with van der Waals surface area (Å²) in [7, 11) is 0. The van der Waals surface area contributed by atoms with Crippen molar-refractivity contribution in [3.05, 3.63) is 92.9 Å². The number of amides is 1. The number of ether oxygens (including phenoxy) is 2. The lowest BCUT2D eigenvalue weighted by atomic mass is 10.1. The summed E-state index contributed by atoms with van der Waals surface area (Å²) < 4.78 is 12.2. The van der Waals surface area contributed by atoms with Crippen LogP contribution in [0.25, 0.3) is 6.08 Å². The van der Waals surface area contributed by atoms with Crippen molar-refractivity contribution in [2.75, 3.05) is 11.9 Å². The molecule has 0 unspecified atom stereocenters. The van der Waals surface area contributed by atoms with Crippen LogP contribution in [0.2, 0.25) is 5.02 Å². The van der Waals surface area contributed by atoms with Crippen molar-refractivity contribution in [2.45, 2.75) is 6.61 Å². The first-order valence-corrected chi connectivity index (χ1v) is 10.9. The van der Waals surface area contributed by atoms with Crippen LogP contribution in [0.4, 0.5) is 5.69 Å². The zero-order valence-electron chi connectivity index (χ0n) is 17.3. The lowest BCUT2D eigenvalue weighted by Gasteiger charge is -2.09. The number of halogens is 2. The summed E-state index contributed by atoms with van der Waals surface area (Å²) in [6.07, 6.45) is 6.64. The van der Waals surface area contributed by atoms with Gasteiger partial charge in [-0.2, -0.15) is 5.26 Å². The molecule has 3 rings (SSSR count). The molecule has 164 valence electrons. The molecule has 0 saturated carbocycles. The normalized spacial score (nSPS) is 10.6. The van der Waals surface area contributed by atoms with Crippen molar-refractivity contribution in [3.63, 3.8) is 0 Å². The van der Waals surface area contributed by atoms with Crippen molar-refractivity contribution >= 4 is 45.2 Å². The average Bonchev–Trinajstić information content (AvgIpc) is 2.82. The Morgan fingerprint density at radius 3 is 2.48 bits per heavy atom. The largest absolute Gasteiger partial charge is 0.489 e. The Bertz CT molecular complexity index is 1240. The van der Waals surface area contributed by atoms with Gasteiger partial charge in [0.25, 0.3) is 5.91 Å². The zero-order valence-corrected chi connectivity index (χ0v) is 19.7. The van der Waals surface area contributed by atoms with E-state index in [1.807, 2.05) is 30.3 Å². The van der Waals surface area contributed by atoms with Gasteiger partial charge in [-0.3, -0.25) is 4.79 Å². The maximum absolute atomic E-state index is 12.6. The van der Waals surface area contributed by atoms with Gasteiger partial charge < -0.3 is 14.8 Å². The molecule has 0 radical (unpaired) electrons. The molecule has 0 aliphatic rings. The zero-order chi connectivity index (χ0) is 23.6. The number of carbonyl (C=O) groups is 1. The molecular formula is C26H18BrClN2O3. The van der Waals surface area contributed by atoms with Crippen molar-refractivity contribution in [2.24, 2.45) is 0 Å². The number of nitrogens with zero attached hydrogens (tertiary/aromatic N) is 1. The van der Waals surface area contributed by atoms with E-state index in [-0.39, 0.29) is 12.2 Å². The molecule has 0 aromatic heterocycles. The van der Waals surface area contributed by atoms with Crippen molar-refractivity contribution in [1.29, 1.82) is 5.26 Å². The van der Waals surface area contributed by atoms with Crippen LogP contribution in [0.3, 0.4) is 0 Å². The molecule has 0 bridgehead atoms. The van der Waals surface area contributed by atoms with Gasteiger partial charge >= 0.3 is 0 Å². The SMILES string of the molecule is C#CCOc1ccc(Cl)cc1/C=C(\C#N)C(=O)Nc1ccc(OCc2ccc(Br)cc2)cc1. The van der Waals surface area contributed by atoms with Crippen LogP contribution in [-0.2, 0) is 11.4 Å². The fraction of sp³-hybridized carbons (Fsp3) is 0.0769. The number of rotatable bonds is 8. The van der Waals surface area contributed by atoms with E-state index < -0.39 is 5.91 Å². The highest BCUT2D eigenvalue weighted by molar-refractivity contribution is 9.10. The topological polar surface area (TPSA) is 71.3 Å². The van der Waals surface area contributed by atoms with Gasteiger partial charge in [0.15, 0.2) is 0 Å². The average molecular weight is 522 g/mol. The van der Waals surface area contributed by atoms with Crippen LogP contribution < -0.4 is 14.8 Å². The van der Waals surface area contributed by atoms with Crippen LogP contribution in [0, 0.1) is 23.7 Å². The summed E-state index contributed by atoms with van der Waals surface area (Å²) >= 11 is 9.45. The Kier molecular flexibility index (Phi) is 8.55. The number of carbonyl (C=O) groups excluding carboxylic acids is 1. The predicted octanol–water partition coefficient (Wildman–Crippen LogP) is 6.24. The van der Waals surface area contributed by atoms with Crippen LogP contribution >= 0.6 is 27.5 Å². The van der Waals surface area contributed by atoms with E-state index in [0.717, 1.165) is 10.0 Å². The van der Waals surface area contributed by atoms with E-state index in [0.29, 0.717) is 34.4 Å². The number of terminal acetylenes is 1. The summed E-state index contributed by atoms with van der Waals surface area (Å²) in [6.45, 7) is 0.469. The fourth-order valence-electron chi connectivity index (χ4n) is 2.77.